The van der Waals surface area contributed by atoms with Gasteiger partial charge in [-0.15, -0.1) is 0 Å². The molecule has 3 fully saturated rings. The molecule has 2 aromatic rings. The highest BCUT2D eigenvalue weighted by molar-refractivity contribution is 6.33. The van der Waals surface area contributed by atoms with E-state index in [0.717, 1.165) is 86.1 Å². The van der Waals surface area contributed by atoms with Crippen LogP contribution >= 0.6 is 0 Å². The van der Waals surface area contributed by atoms with E-state index < -0.39 is 0 Å². The van der Waals surface area contributed by atoms with Crippen LogP contribution in [-0.2, 0) is 22.6 Å². The second-order valence-electron chi connectivity index (χ2n) is 10.4. The Hall–Kier alpha value is -2.54. The summed E-state index contributed by atoms with van der Waals surface area (Å²) in [4.78, 5) is 21.1. The average molecular weight is 473 g/mol. The molecule has 3 aliphatic rings. The fraction of sp³-hybridized carbons (Fsp3) is 0.571. The molecule has 2 radical (unpaired) electrons. The van der Waals surface area contributed by atoms with E-state index in [4.69, 9.17) is 17.3 Å². The van der Waals surface area contributed by atoms with Crippen molar-refractivity contribution < 1.29 is 14.3 Å². The maximum Gasteiger partial charge on any atom is 0.226 e. The standard InChI is InChI=1S/C28H36BN3O3/c1-34-19-20-3-6-27(30-18-20)31-12-7-21(8-13-31)25-15-22(25)9-14-35-24-5-4-23(26(29)17-24)16-28(33)32-10-2-11-32/h3-6,17-18,21-22,25H,2,7-16,19H2,1H3. The summed E-state index contributed by atoms with van der Waals surface area (Å²) in [7, 11) is 7.91. The summed E-state index contributed by atoms with van der Waals surface area (Å²) in [5.74, 6) is 4.50. The zero-order valence-electron chi connectivity index (χ0n) is 20.8. The highest BCUT2D eigenvalue weighted by Crippen LogP contribution is 2.49. The second kappa shape index (κ2) is 11.0. The van der Waals surface area contributed by atoms with Crippen LogP contribution in [0.3, 0.4) is 0 Å². The first kappa shape index (κ1) is 24.2. The Bertz CT molecular complexity index is 1000. The van der Waals surface area contributed by atoms with Gasteiger partial charge in [0.15, 0.2) is 0 Å². The molecule has 3 heterocycles. The lowest BCUT2D eigenvalue weighted by molar-refractivity contribution is -0.133. The van der Waals surface area contributed by atoms with Crippen molar-refractivity contribution in [1.29, 1.82) is 0 Å². The monoisotopic (exact) mass is 473 g/mol. The number of hydrogen-bond donors (Lipinski definition) is 0. The van der Waals surface area contributed by atoms with Crippen molar-refractivity contribution in [3.05, 3.63) is 47.7 Å². The molecular weight excluding hydrogens is 437 g/mol. The van der Waals surface area contributed by atoms with Crippen LogP contribution in [0.5, 0.6) is 5.75 Å². The van der Waals surface area contributed by atoms with E-state index in [1.165, 1.54) is 19.3 Å². The average Bonchev–Trinajstić information content (AvgIpc) is 3.60. The smallest absolute Gasteiger partial charge is 0.226 e. The fourth-order valence-corrected chi connectivity index (χ4v) is 5.59. The Morgan fingerprint density at radius 1 is 1.14 bits per heavy atom. The summed E-state index contributed by atoms with van der Waals surface area (Å²) < 4.78 is 11.2. The first-order valence-electron chi connectivity index (χ1n) is 13.1. The van der Waals surface area contributed by atoms with Crippen LogP contribution in [0.1, 0.15) is 43.2 Å². The molecule has 1 aromatic carbocycles. The molecule has 2 saturated heterocycles. The maximum atomic E-state index is 12.2. The summed E-state index contributed by atoms with van der Waals surface area (Å²) in [6.07, 6.45) is 8.34. The highest BCUT2D eigenvalue weighted by Gasteiger charge is 2.43. The molecule has 7 heteroatoms. The van der Waals surface area contributed by atoms with E-state index in [-0.39, 0.29) is 5.91 Å². The van der Waals surface area contributed by atoms with E-state index in [1.807, 2.05) is 29.3 Å². The first-order valence-corrected chi connectivity index (χ1v) is 13.1. The Kier molecular flexibility index (Phi) is 7.61. The van der Waals surface area contributed by atoms with Crippen molar-refractivity contribution in [3.8, 4) is 5.75 Å². The van der Waals surface area contributed by atoms with Gasteiger partial charge in [-0.1, -0.05) is 17.6 Å². The number of rotatable bonds is 10. The summed E-state index contributed by atoms with van der Waals surface area (Å²) in [5.41, 5.74) is 2.66. The summed E-state index contributed by atoms with van der Waals surface area (Å²) in [6.45, 7) is 5.27. The van der Waals surface area contributed by atoms with Gasteiger partial charge in [0.2, 0.25) is 5.91 Å². The number of benzene rings is 1. The molecule has 2 atom stereocenters. The number of anilines is 1. The Morgan fingerprint density at radius 2 is 1.97 bits per heavy atom. The topological polar surface area (TPSA) is 54.9 Å². The minimum atomic E-state index is 0.165. The van der Waals surface area contributed by atoms with Crippen LogP contribution in [0.15, 0.2) is 36.5 Å². The van der Waals surface area contributed by atoms with Gasteiger partial charge in [-0.3, -0.25) is 4.79 Å². The molecule has 0 spiro atoms. The molecule has 184 valence electrons. The quantitative estimate of drug-likeness (QED) is 0.497. The molecule has 1 aliphatic carbocycles. The number of ether oxygens (including phenoxy) is 2. The van der Waals surface area contributed by atoms with Gasteiger partial charge in [-0.05, 0) is 79.2 Å². The maximum absolute atomic E-state index is 12.2. The second-order valence-corrected chi connectivity index (χ2v) is 10.4. The van der Waals surface area contributed by atoms with Crippen molar-refractivity contribution in [2.75, 3.05) is 44.8 Å². The number of carbonyl (C=O) groups is 1. The first-order chi connectivity index (χ1) is 17.1. The minimum Gasteiger partial charge on any atom is -0.494 e. The van der Waals surface area contributed by atoms with Crippen molar-refractivity contribution >= 4 is 25.0 Å². The van der Waals surface area contributed by atoms with E-state index in [0.29, 0.717) is 18.5 Å². The highest BCUT2D eigenvalue weighted by atomic mass is 16.5. The Labute approximate surface area is 210 Å². The molecular formula is C28H36BN3O3. The fourth-order valence-electron chi connectivity index (χ4n) is 5.59. The van der Waals surface area contributed by atoms with Gasteiger partial charge >= 0.3 is 0 Å². The Balaban J connectivity index is 1.01. The van der Waals surface area contributed by atoms with E-state index >= 15 is 0 Å². The third-order valence-electron chi connectivity index (χ3n) is 7.99. The summed E-state index contributed by atoms with van der Waals surface area (Å²) >= 11 is 0. The van der Waals surface area contributed by atoms with Crippen LogP contribution in [0.4, 0.5) is 5.82 Å². The van der Waals surface area contributed by atoms with Crippen molar-refractivity contribution in [3.63, 3.8) is 0 Å². The van der Waals surface area contributed by atoms with Crippen LogP contribution in [0.25, 0.3) is 0 Å². The molecule has 1 saturated carbocycles. The summed E-state index contributed by atoms with van der Waals surface area (Å²) in [5, 5.41) is 0. The lowest BCUT2D eigenvalue weighted by Crippen LogP contribution is -2.43. The molecule has 2 unspecified atom stereocenters. The van der Waals surface area contributed by atoms with E-state index in [9.17, 15) is 4.79 Å². The third kappa shape index (κ3) is 6.00. The van der Waals surface area contributed by atoms with Gasteiger partial charge in [0.05, 0.1) is 19.6 Å². The zero-order valence-corrected chi connectivity index (χ0v) is 20.8. The SMILES string of the molecule is [B]c1cc(OCCC2CC2C2CCN(c3ccc(COC)cn3)CC2)ccc1CC(=O)N1CCC1. The number of amides is 1. The Morgan fingerprint density at radius 3 is 2.63 bits per heavy atom. The lowest BCUT2D eigenvalue weighted by Gasteiger charge is -2.33. The number of nitrogens with zero attached hydrogens (tertiary/aromatic N) is 3. The number of likely N-dealkylation sites (tertiary alicyclic amines) is 1. The van der Waals surface area contributed by atoms with Gasteiger partial charge in [0.1, 0.15) is 19.4 Å². The molecule has 0 N–H and O–H groups in total. The van der Waals surface area contributed by atoms with Gasteiger partial charge in [0.25, 0.3) is 0 Å². The molecule has 1 amide bonds. The van der Waals surface area contributed by atoms with Crippen molar-refractivity contribution in [1.82, 2.24) is 9.88 Å². The molecule has 6 nitrogen and oxygen atoms in total. The van der Waals surface area contributed by atoms with Crippen LogP contribution in [0, 0.1) is 17.8 Å². The van der Waals surface area contributed by atoms with Crippen LogP contribution in [0.2, 0.25) is 0 Å². The predicted molar refractivity (Wildman–Crippen MR) is 138 cm³/mol. The van der Waals surface area contributed by atoms with E-state index in [1.54, 1.807) is 7.11 Å². The number of pyridine rings is 1. The zero-order chi connectivity index (χ0) is 24.2. The molecule has 2 aliphatic heterocycles. The molecule has 0 bridgehead atoms. The number of piperidine rings is 1. The van der Waals surface area contributed by atoms with Gasteiger partial charge in [0, 0.05) is 39.5 Å². The van der Waals surface area contributed by atoms with Gasteiger partial charge < -0.3 is 19.3 Å². The van der Waals surface area contributed by atoms with Gasteiger partial charge in [-0.2, -0.15) is 0 Å². The summed E-state index contributed by atoms with van der Waals surface area (Å²) in [6, 6.07) is 9.99. The normalized spacial score (nSPS) is 22.1. The number of hydrogen-bond acceptors (Lipinski definition) is 5. The third-order valence-corrected chi connectivity index (χ3v) is 7.99. The molecule has 1 aromatic heterocycles. The molecule has 5 rings (SSSR count). The van der Waals surface area contributed by atoms with Crippen LogP contribution in [-0.4, -0.2) is 63.5 Å². The number of methoxy groups -OCH3 is 1. The predicted octanol–water partition coefficient (Wildman–Crippen LogP) is 3.12. The largest absolute Gasteiger partial charge is 0.494 e. The van der Waals surface area contributed by atoms with E-state index in [2.05, 4.69) is 22.0 Å². The van der Waals surface area contributed by atoms with Crippen molar-refractivity contribution in [2.45, 2.75) is 45.1 Å². The number of aromatic nitrogens is 1. The van der Waals surface area contributed by atoms with Crippen molar-refractivity contribution in [2.24, 2.45) is 17.8 Å². The number of carbonyl (C=O) groups excluding carboxylic acids is 1. The van der Waals surface area contributed by atoms with Gasteiger partial charge in [-0.25, -0.2) is 4.98 Å². The molecule has 35 heavy (non-hydrogen) atoms. The van der Waals surface area contributed by atoms with Crippen LogP contribution < -0.4 is 15.1 Å². The minimum absolute atomic E-state index is 0.165. The lowest BCUT2D eigenvalue weighted by atomic mass is 9.88.